The summed E-state index contributed by atoms with van der Waals surface area (Å²) in [5.74, 6) is -1.35. The Morgan fingerprint density at radius 3 is 2.02 bits per heavy atom. The summed E-state index contributed by atoms with van der Waals surface area (Å²) in [5, 5.41) is 9.96. The summed E-state index contributed by atoms with van der Waals surface area (Å²) in [6, 6.07) is 10.4. The Morgan fingerprint density at radius 2 is 1.41 bits per heavy atom. The van der Waals surface area contributed by atoms with Crippen LogP contribution in [0.4, 0.5) is 4.79 Å². The van der Waals surface area contributed by atoms with Crippen molar-refractivity contribution in [2.45, 2.75) is 76.6 Å². The van der Waals surface area contributed by atoms with Crippen LogP contribution in [0.5, 0.6) is 0 Å². The standard InChI is InChI=1S/C30H45N9O5/c1-30(2,3)44-29(43)39-23(14-8-16-36-28(33)34)25(41)38-24(17-20-11-6-10-19-9-4-5-13-22(19)20)26(42)37-21(18-40)12-7-15-35-27(31)32/h4-6,9-11,13,18,21,23-24H,7-8,12,14-17H2,1-3H3,(H,37,42)(H,38,41)(H,39,43)(H4,31,32,35)(H4,33,34,36)/t21?,23-,24-/m0/s1. The van der Waals surface area contributed by atoms with Crippen LogP contribution in [0.15, 0.2) is 52.4 Å². The summed E-state index contributed by atoms with van der Waals surface area (Å²) in [5.41, 5.74) is 21.5. The molecule has 0 aliphatic carbocycles. The Morgan fingerprint density at radius 1 is 0.818 bits per heavy atom. The van der Waals surface area contributed by atoms with E-state index in [4.69, 9.17) is 27.7 Å². The summed E-state index contributed by atoms with van der Waals surface area (Å²) in [7, 11) is 0. The molecule has 0 fully saturated rings. The van der Waals surface area contributed by atoms with Gasteiger partial charge < -0.3 is 48.4 Å². The Kier molecular flexibility index (Phi) is 13.9. The van der Waals surface area contributed by atoms with E-state index in [-0.39, 0.29) is 44.3 Å². The summed E-state index contributed by atoms with van der Waals surface area (Å²) in [4.78, 5) is 59.4. The van der Waals surface area contributed by atoms with E-state index >= 15 is 0 Å². The number of fused-ring (bicyclic) bond motifs is 1. The zero-order chi connectivity index (χ0) is 32.7. The molecular formula is C30H45N9O5. The third-order valence-corrected chi connectivity index (χ3v) is 6.35. The van der Waals surface area contributed by atoms with Gasteiger partial charge in [-0.1, -0.05) is 42.5 Å². The number of aldehydes is 1. The molecule has 0 spiro atoms. The lowest BCUT2D eigenvalue weighted by atomic mass is 9.97. The van der Waals surface area contributed by atoms with Gasteiger partial charge in [0.2, 0.25) is 11.8 Å². The van der Waals surface area contributed by atoms with Gasteiger partial charge >= 0.3 is 6.09 Å². The van der Waals surface area contributed by atoms with Crippen LogP contribution in [0, 0.1) is 0 Å². The highest BCUT2D eigenvalue weighted by Gasteiger charge is 2.29. The smallest absolute Gasteiger partial charge is 0.408 e. The monoisotopic (exact) mass is 611 g/mol. The molecule has 0 bridgehead atoms. The second-order valence-electron chi connectivity index (χ2n) is 11.3. The van der Waals surface area contributed by atoms with Crippen LogP contribution >= 0.6 is 0 Å². The third kappa shape index (κ3) is 13.0. The van der Waals surface area contributed by atoms with Gasteiger partial charge in [-0.05, 0) is 62.8 Å². The van der Waals surface area contributed by atoms with E-state index in [1.54, 1.807) is 20.8 Å². The van der Waals surface area contributed by atoms with Gasteiger partial charge in [0.15, 0.2) is 11.9 Å². The van der Waals surface area contributed by atoms with Crippen LogP contribution < -0.4 is 38.9 Å². The molecule has 11 N–H and O–H groups in total. The molecule has 0 aromatic heterocycles. The number of carbonyl (C=O) groups excluding carboxylic acids is 4. The summed E-state index contributed by atoms with van der Waals surface area (Å²) >= 11 is 0. The van der Waals surface area contributed by atoms with Crippen molar-refractivity contribution in [3.63, 3.8) is 0 Å². The fourth-order valence-electron chi connectivity index (χ4n) is 4.37. The molecule has 44 heavy (non-hydrogen) atoms. The van der Waals surface area contributed by atoms with Crippen molar-refractivity contribution in [1.29, 1.82) is 0 Å². The molecular weight excluding hydrogens is 566 g/mol. The van der Waals surface area contributed by atoms with E-state index in [1.165, 1.54) is 0 Å². The molecule has 0 aliphatic heterocycles. The highest BCUT2D eigenvalue weighted by Crippen LogP contribution is 2.20. The maximum atomic E-state index is 13.6. The number of guanidine groups is 2. The zero-order valence-corrected chi connectivity index (χ0v) is 25.5. The van der Waals surface area contributed by atoms with Gasteiger partial charge in [0.25, 0.3) is 0 Å². The highest BCUT2D eigenvalue weighted by molar-refractivity contribution is 5.93. The molecule has 2 rings (SSSR count). The molecule has 0 saturated carbocycles. The van der Waals surface area contributed by atoms with E-state index in [9.17, 15) is 19.2 Å². The van der Waals surface area contributed by atoms with Crippen LogP contribution in [0.2, 0.25) is 0 Å². The summed E-state index contributed by atoms with van der Waals surface area (Å²) < 4.78 is 5.35. The molecule has 14 heteroatoms. The van der Waals surface area contributed by atoms with Gasteiger partial charge in [-0.25, -0.2) is 4.79 Å². The number of hydrogen-bond donors (Lipinski definition) is 7. The van der Waals surface area contributed by atoms with Crippen LogP contribution in [0.1, 0.15) is 52.0 Å². The molecule has 2 aromatic carbocycles. The van der Waals surface area contributed by atoms with Crippen LogP contribution in [-0.2, 0) is 25.5 Å². The van der Waals surface area contributed by atoms with Gasteiger partial charge in [-0.15, -0.1) is 0 Å². The van der Waals surface area contributed by atoms with Crippen LogP contribution in [0.3, 0.4) is 0 Å². The first-order valence-electron chi connectivity index (χ1n) is 14.4. The van der Waals surface area contributed by atoms with Crippen molar-refractivity contribution < 1.29 is 23.9 Å². The molecule has 240 valence electrons. The van der Waals surface area contributed by atoms with Gasteiger partial charge in [0, 0.05) is 19.5 Å². The second kappa shape index (κ2) is 17.3. The van der Waals surface area contributed by atoms with Gasteiger partial charge in [0.05, 0.1) is 6.04 Å². The predicted octanol–water partition coefficient (Wildman–Crippen LogP) is 0.551. The van der Waals surface area contributed by atoms with Gasteiger partial charge in [-0.3, -0.25) is 19.6 Å². The number of rotatable bonds is 16. The number of amides is 3. The van der Waals surface area contributed by atoms with E-state index in [1.807, 2.05) is 42.5 Å². The lowest BCUT2D eigenvalue weighted by Crippen LogP contribution is -2.56. The Balaban J connectivity index is 2.32. The van der Waals surface area contributed by atoms with Crippen molar-refractivity contribution in [2.75, 3.05) is 13.1 Å². The molecule has 1 unspecified atom stereocenters. The first-order valence-corrected chi connectivity index (χ1v) is 14.4. The number of aliphatic imine (C=N–C) groups is 2. The van der Waals surface area contributed by atoms with Crippen molar-refractivity contribution >= 4 is 46.9 Å². The van der Waals surface area contributed by atoms with Crippen molar-refractivity contribution in [3.05, 3.63) is 48.0 Å². The molecule has 14 nitrogen and oxygen atoms in total. The molecule has 0 radical (unpaired) electrons. The molecule has 0 saturated heterocycles. The Hall–Kier alpha value is -4.88. The summed E-state index contributed by atoms with van der Waals surface area (Å²) in [6.45, 7) is 5.61. The van der Waals surface area contributed by atoms with Gasteiger partial charge in [0.1, 0.15) is 24.0 Å². The van der Waals surface area contributed by atoms with Crippen LogP contribution in [-0.4, -0.2) is 72.9 Å². The normalized spacial score (nSPS) is 13.1. The molecule has 0 heterocycles. The minimum absolute atomic E-state index is 0.0672. The quantitative estimate of drug-likeness (QED) is 0.0605. The fraction of sp³-hybridized carbons (Fsp3) is 0.467. The molecule has 3 amide bonds. The average molecular weight is 612 g/mol. The minimum Gasteiger partial charge on any atom is -0.444 e. The number of alkyl carbamates (subject to hydrolysis) is 1. The van der Waals surface area contributed by atoms with E-state index in [0.717, 1.165) is 16.3 Å². The van der Waals surface area contributed by atoms with E-state index < -0.39 is 41.6 Å². The number of ether oxygens (including phenoxy) is 1. The number of nitrogens with two attached hydrogens (primary N) is 4. The zero-order valence-electron chi connectivity index (χ0n) is 25.5. The maximum Gasteiger partial charge on any atom is 0.408 e. The lowest BCUT2D eigenvalue weighted by Gasteiger charge is -2.26. The SMILES string of the molecule is CC(C)(C)OC(=O)N[C@@H](CCCN=C(N)N)C(=O)N[C@@H](Cc1cccc2ccccc12)C(=O)NC(C=O)CCCN=C(N)N. The molecule has 0 aliphatic rings. The lowest BCUT2D eigenvalue weighted by molar-refractivity contribution is -0.131. The Bertz CT molecular complexity index is 1330. The van der Waals surface area contributed by atoms with E-state index in [2.05, 4.69) is 25.9 Å². The van der Waals surface area contributed by atoms with Gasteiger partial charge in [-0.2, -0.15) is 0 Å². The van der Waals surface area contributed by atoms with Crippen molar-refractivity contribution in [1.82, 2.24) is 16.0 Å². The predicted molar refractivity (Wildman–Crippen MR) is 171 cm³/mol. The molecule has 3 atom stereocenters. The van der Waals surface area contributed by atoms with Crippen molar-refractivity contribution in [2.24, 2.45) is 32.9 Å². The number of carbonyl (C=O) groups is 4. The Labute approximate surface area is 257 Å². The second-order valence-corrected chi connectivity index (χ2v) is 11.3. The summed E-state index contributed by atoms with van der Waals surface area (Å²) in [6.07, 6.45) is 1.19. The number of nitrogens with zero attached hydrogens (tertiary/aromatic N) is 2. The molecule has 2 aromatic rings. The average Bonchev–Trinajstić information content (AvgIpc) is 2.94. The fourth-order valence-corrected chi connectivity index (χ4v) is 4.37. The number of benzene rings is 2. The van der Waals surface area contributed by atoms with Crippen molar-refractivity contribution in [3.8, 4) is 0 Å². The minimum atomic E-state index is -1.09. The first-order chi connectivity index (χ1) is 20.8. The highest BCUT2D eigenvalue weighted by atomic mass is 16.6. The first kappa shape index (κ1) is 35.3. The number of nitrogens with one attached hydrogen (secondary N) is 3. The maximum absolute atomic E-state index is 13.6. The van der Waals surface area contributed by atoms with Crippen LogP contribution in [0.25, 0.3) is 10.8 Å². The number of hydrogen-bond acceptors (Lipinski definition) is 7. The topological polar surface area (TPSA) is 242 Å². The third-order valence-electron chi connectivity index (χ3n) is 6.35. The van der Waals surface area contributed by atoms with E-state index in [0.29, 0.717) is 19.1 Å². The largest absolute Gasteiger partial charge is 0.444 e.